The zero-order valence-electron chi connectivity index (χ0n) is 15.4. The summed E-state index contributed by atoms with van der Waals surface area (Å²) in [7, 11) is 0. The first kappa shape index (κ1) is 18.1. The highest BCUT2D eigenvalue weighted by Crippen LogP contribution is 2.43. The molecular formula is C23H22BrNO2. The van der Waals surface area contributed by atoms with Crippen LogP contribution in [0.4, 0.5) is 5.69 Å². The van der Waals surface area contributed by atoms with E-state index in [0.717, 1.165) is 21.3 Å². The molecule has 2 atom stereocenters. The Morgan fingerprint density at radius 1 is 0.926 bits per heavy atom. The molecule has 3 aromatic rings. The van der Waals surface area contributed by atoms with Gasteiger partial charge in [0.25, 0.3) is 0 Å². The minimum Gasteiger partial charge on any atom is -0.460 e. The summed E-state index contributed by atoms with van der Waals surface area (Å²) in [5.74, 6) is 0.716. The number of hydrogen-bond donors (Lipinski definition) is 1. The molecule has 0 bridgehead atoms. The molecule has 138 valence electrons. The van der Waals surface area contributed by atoms with E-state index >= 15 is 0 Å². The molecule has 2 unspecified atom stereocenters. The monoisotopic (exact) mass is 423 g/mol. The number of aliphatic hydroxyl groups is 1. The van der Waals surface area contributed by atoms with Crippen molar-refractivity contribution in [1.82, 2.24) is 0 Å². The average Bonchev–Trinajstić information content (AvgIpc) is 2.65. The van der Waals surface area contributed by atoms with Crippen molar-refractivity contribution >= 4 is 21.6 Å². The number of ether oxygens (including phenoxy) is 1. The summed E-state index contributed by atoms with van der Waals surface area (Å²) in [5.41, 5.74) is 5.58. The summed E-state index contributed by atoms with van der Waals surface area (Å²) in [6, 6.07) is 22.4. The van der Waals surface area contributed by atoms with E-state index in [1.807, 2.05) is 24.3 Å². The van der Waals surface area contributed by atoms with Crippen LogP contribution < -0.4 is 9.64 Å². The Bertz CT molecular complexity index is 938. The molecule has 1 heterocycles. The van der Waals surface area contributed by atoms with Crippen molar-refractivity contribution in [2.45, 2.75) is 32.7 Å². The molecule has 0 saturated heterocycles. The fraction of sp³-hybridized carbons (Fsp3) is 0.217. The number of anilines is 1. The summed E-state index contributed by atoms with van der Waals surface area (Å²) < 4.78 is 6.93. The number of fused-ring (bicyclic) bond motifs is 1. The molecule has 3 aromatic carbocycles. The number of rotatable bonds is 3. The van der Waals surface area contributed by atoms with E-state index in [4.69, 9.17) is 4.74 Å². The van der Waals surface area contributed by atoms with E-state index in [1.165, 1.54) is 11.1 Å². The van der Waals surface area contributed by atoms with Crippen LogP contribution in [0.2, 0.25) is 0 Å². The quantitative estimate of drug-likeness (QED) is 0.601. The minimum atomic E-state index is -0.932. The fourth-order valence-electron chi connectivity index (χ4n) is 3.53. The van der Waals surface area contributed by atoms with E-state index in [0.29, 0.717) is 12.3 Å². The van der Waals surface area contributed by atoms with Gasteiger partial charge in [0.05, 0.1) is 5.69 Å². The Balaban J connectivity index is 1.79. The fourth-order valence-corrected chi connectivity index (χ4v) is 3.79. The van der Waals surface area contributed by atoms with Gasteiger partial charge in [0.2, 0.25) is 6.29 Å². The molecule has 1 N–H and O–H groups in total. The van der Waals surface area contributed by atoms with E-state index in [-0.39, 0.29) is 6.04 Å². The highest BCUT2D eigenvalue weighted by molar-refractivity contribution is 9.10. The van der Waals surface area contributed by atoms with E-state index in [1.54, 1.807) is 0 Å². The van der Waals surface area contributed by atoms with E-state index < -0.39 is 6.29 Å². The molecule has 0 radical (unpaired) electrons. The Labute approximate surface area is 168 Å². The first-order chi connectivity index (χ1) is 13.0. The topological polar surface area (TPSA) is 32.7 Å². The van der Waals surface area contributed by atoms with Crippen molar-refractivity contribution in [3.05, 3.63) is 93.5 Å². The van der Waals surface area contributed by atoms with Crippen molar-refractivity contribution in [2.24, 2.45) is 0 Å². The standard InChI is InChI=1S/C23H22BrNO2/c1-15-3-8-18(9-4-15)22-23(26)27-21-12-5-16(2)13-20(21)25(22)14-17-6-10-19(24)11-7-17/h3-13,22-23,26H,14H2,1-2H3. The second kappa shape index (κ2) is 7.37. The molecule has 3 nitrogen and oxygen atoms in total. The van der Waals surface area contributed by atoms with E-state index in [2.05, 4.69) is 77.1 Å². The van der Waals surface area contributed by atoms with Gasteiger partial charge in [-0.15, -0.1) is 0 Å². The number of halogens is 1. The normalized spacial score (nSPS) is 18.7. The van der Waals surface area contributed by atoms with Crippen LogP contribution in [0.1, 0.15) is 28.3 Å². The molecule has 0 aromatic heterocycles. The third-order valence-electron chi connectivity index (χ3n) is 4.96. The Morgan fingerprint density at radius 2 is 1.59 bits per heavy atom. The maximum absolute atomic E-state index is 10.8. The number of nitrogens with zero attached hydrogens (tertiary/aromatic N) is 1. The molecule has 0 fully saturated rings. The highest BCUT2D eigenvalue weighted by Gasteiger charge is 2.36. The maximum Gasteiger partial charge on any atom is 0.222 e. The largest absolute Gasteiger partial charge is 0.460 e. The van der Waals surface area contributed by atoms with Gasteiger partial charge < -0.3 is 14.7 Å². The summed E-state index contributed by atoms with van der Waals surface area (Å²) in [5, 5.41) is 10.8. The van der Waals surface area contributed by atoms with Gasteiger partial charge in [-0.1, -0.05) is 64.0 Å². The maximum atomic E-state index is 10.8. The summed E-state index contributed by atoms with van der Waals surface area (Å²) in [6.07, 6.45) is -0.932. The molecule has 4 heteroatoms. The molecule has 27 heavy (non-hydrogen) atoms. The number of aliphatic hydroxyl groups excluding tert-OH is 1. The minimum absolute atomic E-state index is 0.274. The van der Waals surface area contributed by atoms with Crippen molar-refractivity contribution in [1.29, 1.82) is 0 Å². The van der Waals surface area contributed by atoms with Crippen LogP contribution in [0.15, 0.2) is 71.2 Å². The summed E-state index contributed by atoms with van der Waals surface area (Å²) in [4.78, 5) is 2.24. The number of benzene rings is 3. The third kappa shape index (κ3) is 3.73. The highest BCUT2D eigenvalue weighted by atomic mass is 79.9. The molecule has 0 spiro atoms. The van der Waals surface area contributed by atoms with Crippen molar-refractivity contribution in [3.63, 3.8) is 0 Å². The zero-order chi connectivity index (χ0) is 19.0. The van der Waals surface area contributed by atoms with Crippen LogP contribution in [-0.2, 0) is 6.54 Å². The van der Waals surface area contributed by atoms with Crippen LogP contribution >= 0.6 is 15.9 Å². The Morgan fingerprint density at radius 3 is 2.30 bits per heavy atom. The molecule has 4 rings (SSSR count). The Kier molecular flexibility index (Phi) is 4.94. The number of aryl methyl sites for hydroxylation is 2. The van der Waals surface area contributed by atoms with Gasteiger partial charge in [-0.2, -0.15) is 0 Å². The summed E-state index contributed by atoms with van der Waals surface area (Å²) in [6.45, 7) is 4.82. The van der Waals surface area contributed by atoms with Gasteiger partial charge in [0.1, 0.15) is 11.8 Å². The molecule has 0 aliphatic carbocycles. The lowest BCUT2D eigenvalue weighted by molar-refractivity contribution is -0.0472. The van der Waals surface area contributed by atoms with Crippen LogP contribution in [-0.4, -0.2) is 11.4 Å². The van der Waals surface area contributed by atoms with Crippen LogP contribution in [0, 0.1) is 13.8 Å². The third-order valence-corrected chi connectivity index (χ3v) is 5.49. The molecule has 0 saturated carbocycles. The van der Waals surface area contributed by atoms with Gasteiger partial charge in [-0.25, -0.2) is 0 Å². The molecule has 0 amide bonds. The predicted molar refractivity (Wildman–Crippen MR) is 112 cm³/mol. The lowest BCUT2D eigenvalue weighted by atomic mass is 9.99. The lowest BCUT2D eigenvalue weighted by Gasteiger charge is -2.42. The van der Waals surface area contributed by atoms with Gasteiger partial charge >= 0.3 is 0 Å². The smallest absolute Gasteiger partial charge is 0.222 e. The van der Waals surface area contributed by atoms with Gasteiger partial charge in [0.15, 0.2) is 0 Å². The van der Waals surface area contributed by atoms with Crippen LogP contribution in [0.3, 0.4) is 0 Å². The Hall–Kier alpha value is -2.30. The van der Waals surface area contributed by atoms with Crippen molar-refractivity contribution in [3.8, 4) is 5.75 Å². The first-order valence-corrected chi connectivity index (χ1v) is 9.83. The van der Waals surface area contributed by atoms with Crippen molar-refractivity contribution in [2.75, 3.05) is 4.90 Å². The van der Waals surface area contributed by atoms with Gasteiger partial charge in [0, 0.05) is 11.0 Å². The summed E-state index contributed by atoms with van der Waals surface area (Å²) >= 11 is 3.50. The first-order valence-electron chi connectivity index (χ1n) is 9.04. The average molecular weight is 424 g/mol. The second-order valence-electron chi connectivity index (χ2n) is 7.09. The number of hydrogen-bond acceptors (Lipinski definition) is 3. The molecule has 1 aliphatic heterocycles. The molecule has 1 aliphatic rings. The van der Waals surface area contributed by atoms with Gasteiger partial charge in [-0.3, -0.25) is 0 Å². The predicted octanol–water partition coefficient (Wildman–Crippen LogP) is 5.52. The zero-order valence-corrected chi connectivity index (χ0v) is 17.0. The van der Waals surface area contributed by atoms with Crippen molar-refractivity contribution < 1.29 is 9.84 Å². The lowest BCUT2D eigenvalue weighted by Crippen LogP contribution is -2.43. The van der Waals surface area contributed by atoms with E-state index in [9.17, 15) is 5.11 Å². The van der Waals surface area contributed by atoms with Crippen LogP contribution in [0.5, 0.6) is 5.75 Å². The SMILES string of the molecule is Cc1ccc(C2C(O)Oc3ccc(C)cc3N2Cc2ccc(Br)cc2)cc1. The van der Waals surface area contributed by atoms with Crippen LogP contribution in [0.25, 0.3) is 0 Å². The molecular weight excluding hydrogens is 402 g/mol. The second-order valence-corrected chi connectivity index (χ2v) is 8.01. The van der Waals surface area contributed by atoms with Gasteiger partial charge in [-0.05, 0) is 54.8 Å².